The fourth-order valence-corrected chi connectivity index (χ4v) is 4.26. The van der Waals surface area contributed by atoms with Gasteiger partial charge in [0.1, 0.15) is 5.75 Å². The molecule has 0 aromatic heterocycles. The van der Waals surface area contributed by atoms with Crippen LogP contribution in [0.4, 0.5) is 0 Å². The average molecular weight is 388 g/mol. The van der Waals surface area contributed by atoms with Crippen LogP contribution >= 0.6 is 0 Å². The van der Waals surface area contributed by atoms with E-state index in [-0.39, 0.29) is 30.5 Å². The number of likely N-dealkylation sites (N-methyl/N-ethyl adjacent to an activating group) is 1. The fraction of sp³-hybridized carbons (Fsp3) is 0.636. The van der Waals surface area contributed by atoms with Gasteiger partial charge in [0.25, 0.3) is 11.8 Å². The van der Waals surface area contributed by atoms with Crippen molar-refractivity contribution in [3.8, 4) is 5.75 Å². The second kappa shape index (κ2) is 9.41. The maximum Gasteiger partial charge on any atom is 0.260 e. The lowest BCUT2D eigenvalue weighted by Gasteiger charge is -2.38. The van der Waals surface area contributed by atoms with Gasteiger partial charge in [-0.25, -0.2) is 0 Å². The zero-order valence-electron chi connectivity index (χ0n) is 17.4. The van der Waals surface area contributed by atoms with Crippen LogP contribution in [0.5, 0.6) is 5.75 Å². The summed E-state index contributed by atoms with van der Waals surface area (Å²) in [4.78, 5) is 31.4. The molecule has 2 aliphatic rings. The number of benzene rings is 1. The highest BCUT2D eigenvalue weighted by Crippen LogP contribution is 2.23. The highest BCUT2D eigenvalue weighted by Gasteiger charge is 2.29. The molecule has 0 aliphatic carbocycles. The first-order chi connectivity index (χ1) is 13.5. The standard InChI is InChI=1S/C22H33N3O3/c1-17-6-4-7-18(2)25(17)21(26)16-28-20-10-8-19(9-11-20)22(27)24-13-5-12-23(3)14-15-24/h8-11,17-18H,4-7,12-16H2,1-3H3. The van der Waals surface area contributed by atoms with Crippen LogP contribution in [0.2, 0.25) is 0 Å². The Balaban J connectivity index is 1.54. The van der Waals surface area contributed by atoms with Crippen LogP contribution in [0.25, 0.3) is 0 Å². The molecular formula is C22H33N3O3. The molecule has 0 radical (unpaired) electrons. The van der Waals surface area contributed by atoms with Crippen molar-refractivity contribution in [2.75, 3.05) is 39.8 Å². The van der Waals surface area contributed by atoms with Gasteiger partial charge in [-0.3, -0.25) is 9.59 Å². The highest BCUT2D eigenvalue weighted by atomic mass is 16.5. The molecule has 2 heterocycles. The van der Waals surface area contributed by atoms with E-state index in [1.165, 1.54) is 6.42 Å². The number of carbonyl (C=O) groups excluding carboxylic acids is 2. The minimum Gasteiger partial charge on any atom is -0.484 e. The first kappa shape index (κ1) is 20.6. The molecule has 1 aromatic rings. The summed E-state index contributed by atoms with van der Waals surface area (Å²) in [6.45, 7) is 7.74. The largest absolute Gasteiger partial charge is 0.484 e. The van der Waals surface area contributed by atoms with Crippen molar-refractivity contribution in [3.05, 3.63) is 29.8 Å². The van der Waals surface area contributed by atoms with Crippen molar-refractivity contribution in [3.63, 3.8) is 0 Å². The van der Waals surface area contributed by atoms with Crippen LogP contribution in [0.1, 0.15) is 49.9 Å². The molecule has 28 heavy (non-hydrogen) atoms. The molecule has 3 rings (SSSR count). The molecule has 2 saturated heterocycles. The minimum absolute atomic E-state index is 0.0357. The molecule has 2 amide bonds. The van der Waals surface area contributed by atoms with Gasteiger partial charge >= 0.3 is 0 Å². The quantitative estimate of drug-likeness (QED) is 0.797. The summed E-state index contributed by atoms with van der Waals surface area (Å²) >= 11 is 0. The molecular weight excluding hydrogens is 354 g/mol. The van der Waals surface area contributed by atoms with Crippen molar-refractivity contribution in [2.24, 2.45) is 0 Å². The van der Waals surface area contributed by atoms with Gasteiger partial charge in [0.15, 0.2) is 6.61 Å². The summed E-state index contributed by atoms with van der Waals surface area (Å²) < 4.78 is 5.71. The topological polar surface area (TPSA) is 53.1 Å². The molecule has 2 unspecified atom stereocenters. The van der Waals surface area contributed by atoms with Crippen molar-refractivity contribution >= 4 is 11.8 Å². The van der Waals surface area contributed by atoms with Crippen LogP contribution < -0.4 is 4.74 Å². The number of ether oxygens (including phenoxy) is 1. The Morgan fingerprint density at radius 2 is 1.64 bits per heavy atom. The van der Waals surface area contributed by atoms with Gasteiger partial charge in [0.05, 0.1) is 0 Å². The summed E-state index contributed by atoms with van der Waals surface area (Å²) in [6.07, 6.45) is 4.28. The highest BCUT2D eigenvalue weighted by molar-refractivity contribution is 5.94. The number of likely N-dealkylation sites (tertiary alicyclic amines) is 1. The predicted molar refractivity (Wildman–Crippen MR) is 110 cm³/mol. The van der Waals surface area contributed by atoms with Crippen molar-refractivity contribution < 1.29 is 14.3 Å². The molecule has 0 N–H and O–H groups in total. The first-order valence-electron chi connectivity index (χ1n) is 10.5. The maximum atomic E-state index is 12.7. The van der Waals surface area contributed by atoms with Gasteiger partial charge in [0.2, 0.25) is 0 Å². The maximum absolute atomic E-state index is 12.7. The number of piperidine rings is 1. The van der Waals surface area contributed by atoms with Gasteiger partial charge in [-0.15, -0.1) is 0 Å². The second-order valence-electron chi connectivity index (χ2n) is 8.19. The molecule has 0 bridgehead atoms. The lowest BCUT2D eigenvalue weighted by Crippen LogP contribution is -2.49. The third-order valence-electron chi connectivity index (χ3n) is 5.95. The second-order valence-corrected chi connectivity index (χ2v) is 8.19. The zero-order valence-corrected chi connectivity index (χ0v) is 17.4. The van der Waals surface area contributed by atoms with Crippen molar-refractivity contribution in [2.45, 2.75) is 51.6 Å². The van der Waals surface area contributed by atoms with Crippen LogP contribution in [0.3, 0.4) is 0 Å². The van der Waals surface area contributed by atoms with Gasteiger partial charge in [0, 0.05) is 37.3 Å². The van der Waals surface area contributed by atoms with Crippen LogP contribution in [-0.4, -0.2) is 78.4 Å². The van der Waals surface area contributed by atoms with Crippen LogP contribution in [-0.2, 0) is 4.79 Å². The van der Waals surface area contributed by atoms with Crippen LogP contribution in [0, 0.1) is 0 Å². The van der Waals surface area contributed by atoms with E-state index in [4.69, 9.17) is 4.74 Å². The van der Waals surface area contributed by atoms with Gasteiger partial charge < -0.3 is 19.4 Å². The summed E-state index contributed by atoms with van der Waals surface area (Å²) in [6, 6.07) is 7.70. The van der Waals surface area contributed by atoms with E-state index >= 15 is 0 Å². The lowest BCUT2D eigenvalue weighted by atomic mass is 9.97. The number of carbonyl (C=O) groups is 2. The fourth-order valence-electron chi connectivity index (χ4n) is 4.26. The average Bonchev–Trinajstić information content (AvgIpc) is 2.90. The Morgan fingerprint density at radius 3 is 2.32 bits per heavy atom. The summed E-state index contributed by atoms with van der Waals surface area (Å²) in [7, 11) is 2.09. The van der Waals surface area contributed by atoms with E-state index in [9.17, 15) is 9.59 Å². The van der Waals surface area contributed by atoms with E-state index in [1.54, 1.807) is 24.3 Å². The summed E-state index contributed by atoms with van der Waals surface area (Å²) in [5.41, 5.74) is 0.668. The lowest BCUT2D eigenvalue weighted by molar-refractivity contribution is -0.139. The van der Waals surface area contributed by atoms with Crippen molar-refractivity contribution in [1.29, 1.82) is 0 Å². The Labute approximate surface area is 168 Å². The minimum atomic E-state index is 0.0357. The molecule has 0 spiro atoms. The Hall–Kier alpha value is -2.08. The molecule has 2 fully saturated rings. The summed E-state index contributed by atoms with van der Waals surface area (Å²) in [5, 5.41) is 0. The van der Waals surface area contributed by atoms with E-state index in [1.807, 2.05) is 9.80 Å². The normalized spacial score (nSPS) is 24.0. The third kappa shape index (κ3) is 5.04. The van der Waals surface area contributed by atoms with Gasteiger partial charge in [-0.05, 0) is 77.4 Å². The van der Waals surface area contributed by atoms with E-state index in [2.05, 4.69) is 25.8 Å². The van der Waals surface area contributed by atoms with Crippen LogP contribution in [0.15, 0.2) is 24.3 Å². The zero-order chi connectivity index (χ0) is 20.1. The van der Waals surface area contributed by atoms with E-state index in [0.29, 0.717) is 11.3 Å². The van der Waals surface area contributed by atoms with E-state index < -0.39 is 0 Å². The molecule has 0 saturated carbocycles. The smallest absolute Gasteiger partial charge is 0.260 e. The Kier molecular flexibility index (Phi) is 6.94. The molecule has 6 heteroatoms. The van der Waals surface area contributed by atoms with Crippen molar-refractivity contribution in [1.82, 2.24) is 14.7 Å². The third-order valence-corrected chi connectivity index (χ3v) is 5.95. The molecule has 1 aromatic carbocycles. The monoisotopic (exact) mass is 387 g/mol. The first-order valence-corrected chi connectivity index (χ1v) is 10.5. The number of nitrogens with zero attached hydrogens (tertiary/aromatic N) is 3. The Morgan fingerprint density at radius 1 is 0.964 bits per heavy atom. The van der Waals surface area contributed by atoms with Gasteiger partial charge in [-0.1, -0.05) is 0 Å². The SMILES string of the molecule is CC1CCCC(C)N1C(=O)COc1ccc(C(=O)N2CCCN(C)CC2)cc1. The molecule has 2 atom stereocenters. The number of amides is 2. The molecule has 2 aliphatic heterocycles. The number of rotatable bonds is 4. The van der Waals surface area contributed by atoms with Gasteiger partial charge in [-0.2, -0.15) is 0 Å². The molecule has 154 valence electrons. The number of hydrogen-bond donors (Lipinski definition) is 0. The predicted octanol–water partition coefficient (Wildman–Crippen LogP) is 2.63. The Bertz CT molecular complexity index is 666. The number of hydrogen-bond acceptors (Lipinski definition) is 4. The summed E-state index contributed by atoms with van der Waals surface area (Å²) in [5.74, 6) is 0.722. The van der Waals surface area contributed by atoms with E-state index in [0.717, 1.165) is 45.4 Å². The molecule has 6 nitrogen and oxygen atoms in total.